The smallest absolute Gasteiger partial charge is 0.187 e. The van der Waals surface area contributed by atoms with Crippen molar-refractivity contribution < 1.29 is 58.7 Å². The molecule has 0 amide bonds. The highest BCUT2D eigenvalue weighted by atomic mass is 16.8. The topological polar surface area (TPSA) is 294 Å². The Hall–Kier alpha value is -2.28. The van der Waals surface area contributed by atoms with Crippen LogP contribution in [0.2, 0.25) is 0 Å². The molecule has 3 heterocycles. The van der Waals surface area contributed by atoms with Crippen molar-refractivity contribution in [1.29, 1.82) is 0 Å². The van der Waals surface area contributed by atoms with Crippen LogP contribution in [0.3, 0.4) is 0 Å². The zero-order chi connectivity index (χ0) is 42.6. The first kappa shape index (κ1) is 47.2. The highest BCUT2D eigenvalue weighted by Gasteiger charge is 2.54. The van der Waals surface area contributed by atoms with Gasteiger partial charge in [0, 0.05) is 25.7 Å². The SMILES string of the molecule is NC[C@@H]1O[C@H](O[C@H]2[C@@H](OCCNCCc3ccccc3)[C@H](O[C@H]3[C@H](O[C@H]4O[C@H](CNCCCc5ccccc5)[C@@H](O)C[C@H]4N)[C@@H](N)CC[C@@H]3O)O[C@@H]2CO)[C@H](N)[C@@H](O)[C@@H]1O. The van der Waals surface area contributed by atoms with E-state index in [4.69, 9.17) is 56.1 Å². The first-order chi connectivity index (χ1) is 29.1. The van der Waals surface area contributed by atoms with Crippen LogP contribution in [0.1, 0.15) is 36.8 Å². The number of aliphatic hydroxyl groups is 5. The second-order valence-electron chi connectivity index (χ2n) is 16.3. The maximum atomic E-state index is 11.4. The Morgan fingerprint density at radius 1 is 0.617 bits per heavy atom. The van der Waals surface area contributed by atoms with E-state index in [1.165, 1.54) is 11.1 Å². The lowest BCUT2D eigenvalue weighted by Crippen LogP contribution is -2.64. The second kappa shape index (κ2) is 23.4. The number of benzene rings is 2. The molecule has 0 unspecified atom stereocenters. The lowest BCUT2D eigenvalue weighted by molar-refractivity contribution is -0.297. The minimum atomic E-state index is -1.41. The van der Waals surface area contributed by atoms with Crippen LogP contribution in [0, 0.1) is 0 Å². The molecule has 18 heteroatoms. The number of aryl methyl sites for hydroxylation is 1. The van der Waals surface area contributed by atoms with E-state index >= 15 is 0 Å². The van der Waals surface area contributed by atoms with Gasteiger partial charge in [0.15, 0.2) is 18.9 Å². The molecule has 1 aliphatic carbocycles. The fourth-order valence-electron chi connectivity index (χ4n) is 8.32. The largest absolute Gasteiger partial charge is 0.394 e. The molecule has 6 rings (SSSR count). The number of rotatable bonds is 21. The Labute approximate surface area is 352 Å². The van der Waals surface area contributed by atoms with Crippen molar-refractivity contribution in [2.75, 3.05) is 45.9 Å². The molecular formula is C42H68N6O12. The van der Waals surface area contributed by atoms with Crippen molar-refractivity contribution >= 4 is 0 Å². The molecule has 0 spiro atoms. The molecule has 0 aromatic heterocycles. The van der Waals surface area contributed by atoms with Gasteiger partial charge in [-0.1, -0.05) is 60.7 Å². The quantitative estimate of drug-likeness (QED) is 0.0571. The van der Waals surface area contributed by atoms with Crippen LogP contribution in [-0.2, 0) is 46.0 Å². The molecule has 4 fully saturated rings. The van der Waals surface area contributed by atoms with Gasteiger partial charge in [-0.3, -0.25) is 0 Å². The van der Waals surface area contributed by atoms with Crippen LogP contribution in [-0.4, -0.2) is 176 Å². The third kappa shape index (κ3) is 12.5. The molecule has 18 nitrogen and oxygen atoms in total. The van der Waals surface area contributed by atoms with Crippen LogP contribution >= 0.6 is 0 Å². The number of hydrogen-bond acceptors (Lipinski definition) is 18. The van der Waals surface area contributed by atoms with Gasteiger partial charge >= 0.3 is 0 Å². The summed E-state index contributed by atoms with van der Waals surface area (Å²) in [5.41, 5.74) is 27.7. The summed E-state index contributed by atoms with van der Waals surface area (Å²) in [5.74, 6) is 0. The third-order valence-corrected chi connectivity index (χ3v) is 11.9. The van der Waals surface area contributed by atoms with E-state index in [1.807, 2.05) is 36.4 Å². The van der Waals surface area contributed by atoms with Gasteiger partial charge in [0.1, 0.15) is 48.8 Å². The summed E-state index contributed by atoms with van der Waals surface area (Å²) in [7, 11) is 0. The van der Waals surface area contributed by atoms with Crippen LogP contribution in [0.25, 0.3) is 0 Å². The fourth-order valence-corrected chi connectivity index (χ4v) is 8.32. The molecular weight excluding hydrogens is 780 g/mol. The van der Waals surface area contributed by atoms with Crippen molar-refractivity contribution in [3.8, 4) is 0 Å². The molecule has 338 valence electrons. The van der Waals surface area contributed by atoms with Crippen molar-refractivity contribution in [3.63, 3.8) is 0 Å². The van der Waals surface area contributed by atoms with E-state index in [9.17, 15) is 25.5 Å². The Morgan fingerprint density at radius 2 is 1.27 bits per heavy atom. The highest BCUT2D eigenvalue weighted by molar-refractivity contribution is 5.15. The summed E-state index contributed by atoms with van der Waals surface area (Å²) in [4.78, 5) is 0. The first-order valence-electron chi connectivity index (χ1n) is 21.4. The van der Waals surface area contributed by atoms with E-state index in [2.05, 4.69) is 34.9 Å². The van der Waals surface area contributed by atoms with Crippen LogP contribution in [0.15, 0.2) is 60.7 Å². The number of ether oxygens (including phenoxy) is 7. The van der Waals surface area contributed by atoms with Crippen molar-refractivity contribution in [2.24, 2.45) is 22.9 Å². The summed E-state index contributed by atoms with van der Waals surface area (Å²) < 4.78 is 44.1. The maximum absolute atomic E-state index is 11.4. The standard InChI is InChI=1S/C42H68N6O12/c43-21-30-34(52)35(53)33(46)41(55-30)60-38-32(23-49)57-42(39(38)54-19-18-47-17-15-25-10-5-2-6-11-25)59-37-28(50)14-13-26(44)36(37)58-40-27(45)20-29(51)31(56-40)22-48-16-7-12-24-8-3-1-4-9-24/h1-6,8-11,26-42,47-53H,7,12-23,43-46H2/t26-,27+,28-,29-,30-,31+,32+,33+,34+,35+,36+,37+,38+,39+,40+,41+,42-/m0/s1. The third-order valence-electron chi connectivity index (χ3n) is 11.9. The van der Waals surface area contributed by atoms with Gasteiger partial charge in [0.2, 0.25) is 0 Å². The predicted molar refractivity (Wildman–Crippen MR) is 219 cm³/mol. The number of aliphatic hydroxyl groups excluding tert-OH is 5. The normalized spacial score (nSPS) is 38.6. The van der Waals surface area contributed by atoms with Gasteiger partial charge in [-0.15, -0.1) is 0 Å². The summed E-state index contributed by atoms with van der Waals surface area (Å²) in [6, 6.07) is 17.8. The lowest BCUT2D eigenvalue weighted by Gasteiger charge is -2.45. The molecule has 3 aliphatic heterocycles. The van der Waals surface area contributed by atoms with Gasteiger partial charge in [-0.2, -0.15) is 0 Å². The Kier molecular flexibility index (Phi) is 18.4. The monoisotopic (exact) mass is 848 g/mol. The van der Waals surface area contributed by atoms with E-state index in [0.717, 1.165) is 25.8 Å². The lowest BCUT2D eigenvalue weighted by atomic mass is 9.87. The Bertz CT molecular complexity index is 1510. The first-order valence-corrected chi connectivity index (χ1v) is 21.4. The molecule has 15 N–H and O–H groups in total. The zero-order valence-corrected chi connectivity index (χ0v) is 34.2. The minimum absolute atomic E-state index is 0.115. The Morgan fingerprint density at radius 3 is 1.97 bits per heavy atom. The summed E-state index contributed by atoms with van der Waals surface area (Å²) in [5, 5.41) is 60.8. The van der Waals surface area contributed by atoms with E-state index < -0.39 is 111 Å². The van der Waals surface area contributed by atoms with Crippen LogP contribution < -0.4 is 33.6 Å². The number of nitrogens with one attached hydrogen (secondary N) is 2. The van der Waals surface area contributed by atoms with Gasteiger partial charge in [-0.25, -0.2) is 0 Å². The van der Waals surface area contributed by atoms with Gasteiger partial charge in [0.25, 0.3) is 0 Å². The molecule has 2 aromatic rings. The number of hydrogen-bond donors (Lipinski definition) is 11. The summed E-state index contributed by atoms with van der Waals surface area (Å²) >= 11 is 0. The van der Waals surface area contributed by atoms with Crippen molar-refractivity contribution in [2.45, 2.75) is 143 Å². The molecule has 17 atom stereocenters. The second-order valence-corrected chi connectivity index (χ2v) is 16.3. The zero-order valence-electron chi connectivity index (χ0n) is 34.2. The average molecular weight is 849 g/mol. The van der Waals surface area contributed by atoms with Gasteiger partial charge in [0.05, 0.1) is 43.6 Å². The number of nitrogens with two attached hydrogens (primary N) is 4. The summed E-state index contributed by atoms with van der Waals surface area (Å²) in [6.07, 6.45) is -11.1. The summed E-state index contributed by atoms with van der Waals surface area (Å²) in [6.45, 7) is 1.77. The predicted octanol–water partition coefficient (Wildman–Crippen LogP) is -2.68. The molecule has 2 aromatic carbocycles. The van der Waals surface area contributed by atoms with E-state index in [0.29, 0.717) is 32.5 Å². The molecule has 3 saturated heterocycles. The van der Waals surface area contributed by atoms with Crippen molar-refractivity contribution in [1.82, 2.24) is 10.6 Å². The van der Waals surface area contributed by atoms with Crippen molar-refractivity contribution in [3.05, 3.63) is 71.8 Å². The van der Waals surface area contributed by atoms with Gasteiger partial charge < -0.3 is 92.3 Å². The highest BCUT2D eigenvalue weighted by Crippen LogP contribution is 2.35. The molecule has 4 aliphatic rings. The molecule has 1 saturated carbocycles. The average Bonchev–Trinajstić information content (AvgIpc) is 3.58. The van der Waals surface area contributed by atoms with Crippen LogP contribution in [0.4, 0.5) is 0 Å². The van der Waals surface area contributed by atoms with Gasteiger partial charge in [-0.05, 0) is 62.7 Å². The van der Waals surface area contributed by atoms with E-state index in [1.54, 1.807) is 0 Å². The minimum Gasteiger partial charge on any atom is -0.394 e. The maximum Gasteiger partial charge on any atom is 0.187 e. The van der Waals surface area contributed by atoms with E-state index in [-0.39, 0.29) is 19.6 Å². The fraction of sp³-hybridized carbons (Fsp3) is 0.714. The molecule has 0 radical (unpaired) electrons. The Balaban J connectivity index is 1.12. The van der Waals surface area contributed by atoms with Crippen LogP contribution in [0.5, 0.6) is 0 Å². The molecule has 0 bridgehead atoms. The molecule has 60 heavy (non-hydrogen) atoms.